The van der Waals surface area contributed by atoms with Crippen molar-refractivity contribution in [3.8, 4) is 11.1 Å². The third-order valence-corrected chi connectivity index (χ3v) is 7.31. The summed E-state index contributed by atoms with van der Waals surface area (Å²) in [7, 11) is 0. The predicted octanol–water partition coefficient (Wildman–Crippen LogP) is 5.77. The van der Waals surface area contributed by atoms with Gasteiger partial charge in [0.05, 0.1) is 16.5 Å². The smallest absolute Gasteiger partial charge is 0.267 e. The van der Waals surface area contributed by atoms with E-state index in [1.165, 1.54) is 14.6 Å². The van der Waals surface area contributed by atoms with E-state index in [1.54, 1.807) is 11.3 Å². The van der Waals surface area contributed by atoms with Gasteiger partial charge in [0.25, 0.3) is 11.1 Å². The molecule has 0 unspecified atom stereocenters. The summed E-state index contributed by atoms with van der Waals surface area (Å²) < 4.78 is 3.76. The Morgan fingerprint density at radius 2 is 1.39 bits per heavy atom. The number of hydrogen-bond acceptors (Lipinski definition) is 3. The fourth-order valence-electron chi connectivity index (χ4n) is 4.88. The molecule has 3 heterocycles. The first-order valence-electron chi connectivity index (χ1n) is 10.0. The minimum absolute atomic E-state index is 0.200. The molecule has 5 heteroatoms. The molecule has 0 saturated carbocycles. The molecule has 0 aliphatic carbocycles. The van der Waals surface area contributed by atoms with E-state index in [0.29, 0.717) is 16.5 Å². The maximum absolute atomic E-state index is 13.5. The van der Waals surface area contributed by atoms with Crippen LogP contribution in [0, 0.1) is 0 Å². The van der Waals surface area contributed by atoms with E-state index in [9.17, 15) is 9.59 Å². The first kappa shape index (κ1) is 16.8. The van der Waals surface area contributed by atoms with Gasteiger partial charge in [-0.05, 0) is 34.5 Å². The fourth-order valence-corrected chi connectivity index (χ4v) is 6.00. The second-order valence-electron chi connectivity index (χ2n) is 7.79. The highest BCUT2D eigenvalue weighted by Gasteiger charge is 2.21. The normalized spacial score (nSPS) is 12.1. The molecular weight excluding hydrogens is 404 g/mol. The van der Waals surface area contributed by atoms with Crippen molar-refractivity contribution in [3.63, 3.8) is 0 Å². The minimum Gasteiger partial charge on any atom is -0.267 e. The Bertz CT molecular complexity index is 1930. The number of H-pyrrole nitrogens is 1. The van der Waals surface area contributed by atoms with Gasteiger partial charge in [-0.3, -0.25) is 14.7 Å². The van der Waals surface area contributed by atoms with Crippen molar-refractivity contribution in [2.45, 2.75) is 0 Å². The van der Waals surface area contributed by atoms with Crippen LogP contribution in [0.4, 0.5) is 0 Å². The molecule has 31 heavy (non-hydrogen) atoms. The number of benzene rings is 4. The van der Waals surface area contributed by atoms with Crippen LogP contribution in [0.3, 0.4) is 0 Å². The summed E-state index contributed by atoms with van der Waals surface area (Å²) in [4.78, 5) is 26.4. The van der Waals surface area contributed by atoms with E-state index in [2.05, 4.69) is 29.4 Å². The molecule has 7 aromatic rings. The third kappa shape index (κ3) is 2.08. The fraction of sp³-hybridized carbons (Fsp3) is 0. The zero-order valence-corrected chi connectivity index (χ0v) is 17.0. The molecule has 3 aromatic heterocycles. The summed E-state index contributed by atoms with van der Waals surface area (Å²) in [6.07, 6.45) is 0. The van der Waals surface area contributed by atoms with Crippen molar-refractivity contribution in [1.29, 1.82) is 0 Å². The molecule has 0 bridgehead atoms. The van der Waals surface area contributed by atoms with Crippen LogP contribution >= 0.6 is 11.3 Å². The molecule has 0 saturated heterocycles. The van der Waals surface area contributed by atoms with Gasteiger partial charge in [-0.1, -0.05) is 60.7 Å². The van der Waals surface area contributed by atoms with Crippen molar-refractivity contribution in [2.24, 2.45) is 0 Å². The maximum Gasteiger partial charge on any atom is 0.277 e. The van der Waals surface area contributed by atoms with Crippen LogP contribution in [0.5, 0.6) is 0 Å². The van der Waals surface area contributed by atoms with Gasteiger partial charge in [-0.25, -0.2) is 4.52 Å². The average Bonchev–Trinajstić information content (AvgIpc) is 3.16. The molecule has 0 atom stereocenters. The Kier molecular flexibility index (Phi) is 3.14. The largest absolute Gasteiger partial charge is 0.277 e. The zero-order chi connectivity index (χ0) is 20.7. The summed E-state index contributed by atoms with van der Waals surface area (Å²) in [6.45, 7) is 0. The SMILES string of the molecule is O=c1[nH]n2c(=O)c3ccc4sc5ccccc5c5ccc(c3c45)c2c1-c1ccccc1. The molecule has 0 aliphatic heterocycles. The van der Waals surface area contributed by atoms with E-state index in [-0.39, 0.29) is 11.1 Å². The van der Waals surface area contributed by atoms with Crippen LogP contribution in [0.25, 0.3) is 58.4 Å². The maximum atomic E-state index is 13.5. The van der Waals surface area contributed by atoms with Crippen LogP contribution in [-0.4, -0.2) is 9.61 Å². The van der Waals surface area contributed by atoms with Gasteiger partial charge in [0.2, 0.25) is 0 Å². The van der Waals surface area contributed by atoms with Gasteiger partial charge >= 0.3 is 0 Å². The lowest BCUT2D eigenvalue weighted by Crippen LogP contribution is -2.16. The van der Waals surface area contributed by atoms with Crippen LogP contribution < -0.4 is 11.1 Å². The van der Waals surface area contributed by atoms with Crippen molar-refractivity contribution in [2.75, 3.05) is 0 Å². The lowest BCUT2D eigenvalue weighted by Gasteiger charge is -2.13. The molecule has 0 amide bonds. The number of pyridine rings is 1. The summed E-state index contributed by atoms with van der Waals surface area (Å²) >= 11 is 1.73. The summed E-state index contributed by atoms with van der Waals surface area (Å²) in [5, 5.41) is 8.63. The van der Waals surface area contributed by atoms with Gasteiger partial charge in [0, 0.05) is 25.6 Å². The van der Waals surface area contributed by atoms with Gasteiger partial charge in [-0.15, -0.1) is 11.3 Å². The molecule has 7 rings (SSSR count). The van der Waals surface area contributed by atoms with Crippen molar-refractivity contribution in [3.05, 3.63) is 99.6 Å². The number of aromatic amines is 1. The monoisotopic (exact) mass is 418 g/mol. The number of fused-ring (bicyclic) bond motifs is 4. The van der Waals surface area contributed by atoms with E-state index >= 15 is 0 Å². The van der Waals surface area contributed by atoms with Crippen molar-refractivity contribution >= 4 is 58.6 Å². The molecular formula is C26H14N2O2S. The Labute approximate surface area is 178 Å². The Balaban J connectivity index is 1.81. The second kappa shape index (κ2) is 5.80. The molecule has 0 spiro atoms. The Morgan fingerprint density at radius 3 is 2.26 bits per heavy atom. The van der Waals surface area contributed by atoms with Crippen molar-refractivity contribution < 1.29 is 0 Å². The quantitative estimate of drug-likeness (QED) is 0.272. The highest BCUT2D eigenvalue weighted by molar-refractivity contribution is 7.25. The molecule has 0 aliphatic rings. The zero-order valence-electron chi connectivity index (χ0n) is 16.2. The first-order valence-corrected chi connectivity index (χ1v) is 10.9. The highest BCUT2D eigenvalue weighted by Crippen LogP contribution is 2.41. The topological polar surface area (TPSA) is 54.3 Å². The molecule has 1 N–H and O–H groups in total. The number of rotatable bonds is 1. The third-order valence-electron chi connectivity index (χ3n) is 6.17. The predicted molar refractivity (Wildman–Crippen MR) is 129 cm³/mol. The van der Waals surface area contributed by atoms with Gasteiger partial charge in [0.15, 0.2) is 0 Å². The Hall–Kier alpha value is -3.96. The van der Waals surface area contributed by atoms with Gasteiger partial charge in [0.1, 0.15) is 0 Å². The molecule has 0 radical (unpaired) electrons. The van der Waals surface area contributed by atoms with Crippen LogP contribution in [0.1, 0.15) is 0 Å². The molecule has 0 fully saturated rings. The second-order valence-corrected chi connectivity index (χ2v) is 8.88. The van der Waals surface area contributed by atoms with Gasteiger partial charge < -0.3 is 0 Å². The molecule has 4 aromatic carbocycles. The Morgan fingerprint density at radius 1 is 0.645 bits per heavy atom. The van der Waals surface area contributed by atoms with E-state index < -0.39 is 0 Å². The van der Waals surface area contributed by atoms with Crippen LogP contribution in [0.15, 0.2) is 88.5 Å². The lowest BCUT2D eigenvalue weighted by molar-refractivity contribution is 0.913. The van der Waals surface area contributed by atoms with E-state index in [0.717, 1.165) is 31.8 Å². The lowest BCUT2D eigenvalue weighted by atomic mass is 9.95. The highest BCUT2D eigenvalue weighted by atomic mass is 32.1. The average molecular weight is 418 g/mol. The van der Waals surface area contributed by atoms with E-state index in [1.807, 2.05) is 54.6 Å². The minimum atomic E-state index is -0.258. The first-order chi connectivity index (χ1) is 15.2. The van der Waals surface area contributed by atoms with Crippen LogP contribution in [0.2, 0.25) is 0 Å². The number of nitrogens with one attached hydrogen (secondary N) is 1. The number of nitrogens with zero attached hydrogens (tertiary/aromatic N) is 1. The molecule has 4 nitrogen and oxygen atoms in total. The molecule has 146 valence electrons. The van der Waals surface area contributed by atoms with Gasteiger partial charge in [-0.2, -0.15) is 0 Å². The summed E-state index contributed by atoms with van der Waals surface area (Å²) in [6, 6.07) is 26.0. The van der Waals surface area contributed by atoms with Crippen LogP contribution in [-0.2, 0) is 0 Å². The summed E-state index contributed by atoms with van der Waals surface area (Å²) in [5.41, 5.74) is 1.51. The standard InChI is InChI=1S/C26H14N2O2S/c29-25-21(14-6-2-1-3-7-14)24-17-11-10-16-15-8-4-5-9-19(15)31-20-13-12-18(22(17)23(16)20)26(30)28(24)27-25/h1-13H,(H,27,29). The number of aromatic nitrogens is 2. The van der Waals surface area contributed by atoms with E-state index in [4.69, 9.17) is 0 Å². The summed E-state index contributed by atoms with van der Waals surface area (Å²) in [5.74, 6) is 0. The van der Waals surface area contributed by atoms with Crippen molar-refractivity contribution in [1.82, 2.24) is 9.61 Å². The number of hydrogen-bond donors (Lipinski definition) is 1.